The first-order valence-corrected chi connectivity index (χ1v) is 6.43. The summed E-state index contributed by atoms with van der Waals surface area (Å²) in [6.45, 7) is 4.34. The van der Waals surface area contributed by atoms with Gasteiger partial charge in [0, 0.05) is 0 Å². The fraction of sp³-hybridized carbons (Fsp3) is 0.438. The number of allylic oxidation sites excluding steroid dienone is 2. The molecule has 0 radical (unpaired) electrons. The summed E-state index contributed by atoms with van der Waals surface area (Å²) in [5.41, 5.74) is 4.62. The molecule has 88 valence electrons. The zero-order valence-corrected chi connectivity index (χ0v) is 10.7. The van der Waals surface area contributed by atoms with Crippen LogP contribution < -0.4 is 0 Å². The minimum atomic E-state index is 0.568. The molecule has 2 rings (SSSR count). The maximum Gasteiger partial charge on any atom is 0.0997 e. The van der Waals surface area contributed by atoms with Gasteiger partial charge in [-0.15, -0.1) is 0 Å². The van der Waals surface area contributed by atoms with Crippen molar-refractivity contribution >= 4 is 5.57 Å². The molecule has 0 heterocycles. The van der Waals surface area contributed by atoms with E-state index in [2.05, 4.69) is 32.0 Å². The lowest BCUT2D eigenvalue weighted by Crippen LogP contribution is -2.08. The van der Waals surface area contributed by atoms with Gasteiger partial charge in [-0.05, 0) is 48.8 Å². The summed E-state index contributed by atoms with van der Waals surface area (Å²) < 4.78 is 0. The molecule has 1 atom stereocenters. The van der Waals surface area contributed by atoms with Gasteiger partial charge in [0.1, 0.15) is 0 Å². The Balaban J connectivity index is 2.50. The Morgan fingerprint density at radius 1 is 1.29 bits per heavy atom. The summed E-state index contributed by atoms with van der Waals surface area (Å²) >= 11 is 0. The Morgan fingerprint density at radius 2 is 2.06 bits per heavy atom. The van der Waals surface area contributed by atoms with Crippen molar-refractivity contribution in [1.82, 2.24) is 0 Å². The molecule has 17 heavy (non-hydrogen) atoms. The van der Waals surface area contributed by atoms with E-state index in [0.29, 0.717) is 5.92 Å². The lowest BCUT2D eigenvalue weighted by atomic mass is 9.81. The summed E-state index contributed by atoms with van der Waals surface area (Å²) in [7, 11) is 0. The predicted molar refractivity (Wildman–Crippen MR) is 71.3 cm³/mol. The van der Waals surface area contributed by atoms with Gasteiger partial charge in [-0.3, -0.25) is 0 Å². The van der Waals surface area contributed by atoms with Crippen LogP contribution in [-0.4, -0.2) is 0 Å². The Hall–Kier alpha value is -1.55. The van der Waals surface area contributed by atoms with Crippen LogP contribution in [0.2, 0.25) is 0 Å². The number of hydrogen-bond donors (Lipinski definition) is 0. The van der Waals surface area contributed by atoms with Gasteiger partial charge >= 0.3 is 0 Å². The SMILES string of the molecule is Cc1ccccc1/C(C#N)=C1/CCCCC1C. The minimum Gasteiger partial charge on any atom is -0.192 e. The van der Waals surface area contributed by atoms with Crippen LogP contribution in [0.15, 0.2) is 29.8 Å². The zero-order chi connectivity index (χ0) is 12.3. The molecule has 1 heteroatoms. The lowest BCUT2D eigenvalue weighted by molar-refractivity contribution is 0.486. The molecule has 0 amide bonds. The van der Waals surface area contributed by atoms with Crippen molar-refractivity contribution in [3.05, 3.63) is 41.0 Å². The maximum atomic E-state index is 9.47. The van der Waals surface area contributed by atoms with E-state index >= 15 is 0 Å². The molecule has 1 fully saturated rings. The molecule has 0 aliphatic heterocycles. The van der Waals surface area contributed by atoms with Gasteiger partial charge in [-0.2, -0.15) is 5.26 Å². The Bertz CT molecular complexity index is 477. The summed E-state index contributed by atoms with van der Waals surface area (Å²) in [6.07, 6.45) is 4.86. The number of aryl methyl sites for hydroxylation is 1. The van der Waals surface area contributed by atoms with Crippen LogP contribution in [0.1, 0.15) is 43.7 Å². The monoisotopic (exact) mass is 225 g/mol. The van der Waals surface area contributed by atoms with Crippen LogP contribution in [-0.2, 0) is 0 Å². The van der Waals surface area contributed by atoms with E-state index in [1.54, 1.807) is 0 Å². The van der Waals surface area contributed by atoms with E-state index in [1.807, 2.05) is 12.1 Å². The molecule has 1 aliphatic carbocycles. The van der Waals surface area contributed by atoms with Gasteiger partial charge < -0.3 is 0 Å². The number of nitrogens with zero attached hydrogens (tertiary/aromatic N) is 1. The average Bonchev–Trinajstić information content (AvgIpc) is 2.34. The van der Waals surface area contributed by atoms with Gasteiger partial charge in [-0.1, -0.05) is 37.6 Å². The van der Waals surface area contributed by atoms with E-state index < -0.39 is 0 Å². The molecule has 1 aliphatic rings. The number of rotatable bonds is 1. The van der Waals surface area contributed by atoms with E-state index in [-0.39, 0.29) is 0 Å². The van der Waals surface area contributed by atoms with Crippen molar-refractivity contribution in [3.8, 4) is 6.07 Å². The first kappa shape index (κ1) is 11.9. The third kappa shape index (κ3) is 2.42. The molecule has 1 nitrogen and oxygen atoms in total. The van der Waals surface area contributed by atoms with Crippen molar-refractivity contribution in [3.63, 3.8) is 0 Å². The standard InChI is InChI=1S/C16H19N/c1-12-7-3-5-9-14(12)16(11-17)15-10-6-4-8-13(15)2/h3,5,7,9,13H,4,6,8,10H2,1-2H3/b16-15-. The summed E-state index contributed by atoms with van der Waals surface area (Å²) in [4.78, 5) is 0. The van der Waals surface area contributed by atoms with Crippen LogP contribution in [0.4, 0.5) is 0 Å². The molecule has 0 spiro atoms. The molecule has 0 bridgehead atoms. The second-order valence-electron chi connectivity index (χ2n) is 4.97. The Labute approximate surface area is 104 Å². The van der Waals surface area contributed by atoms with Gasteiger partial charge in [-0.25, -0.2) is 0 Å². The molecule has 1 aromatic rings. The molecule has 1 saturated carbocycles. The average molecular weight is 225 g/mol. The largest absolute Gasteiger partial charge is 0.192 e. The van der Waals surface area contributed by atoms with E-state index in [9.17, 15) is 5.26 Å². The normalized spacial score (nSPS) is 23.0. The lowest BCUT2D eigenvalue weighted by Gasteiger charge is -2.23. The van der Waals surface area contributed by atoms with Crippen LogP contribution >= 0.6 is 0 Å². The maximum absolute atomic E-state index is 9.47. The fourth-order valence-electron chi connectivity index (χ4n) is 2.72. The zero-order valence-electron chi connectivity index (χ0n) is 10.7. The van der Waals surface area contributed by atoms with Crippen molar-refractivity contribution in [2.45, 2.75) is 39.5 Å². The van der Waals surface area contributed by atoms with Crippen LogP contribution in [0, 0.1) is 24.2 Å². The van der Waals surface area contributed by atoms with Crippen molar-refractivity contribution in [2.75, 3.05) is 0 Å². The number of benzene rings is 1. The Morgan fingerprint density at radius 3 is 2.71 bits per heavy atom. The topological polar surface area (TPSA) is 23.8 Å². The van der Waals surface area contributed by atoms with Crippen LogP contribution in [0.5, 0.6) is 0 Å². The predicted octanol–water partition coefficient (Wildman–Crippen LogP) is 4.48. The highest BCUT2D eigenvalue weighted by Crippen LogP contribution is 2.35. The number of hydrogen-bond acceptors (Lipinski definition) is 1. The Kier molecular flexibility index (Phi) is 3.64. The van der Waals surface area contributed by atoms with Gasteiger partial charge in [0.2, 0.25) is 0 Å². The van der Waals surface area contributed by atoms with Crippen molar-refractivity contribution in [2.24, 2.45) is 5.92 Å². The van der Waals surface area contributed by atoms with Crippen molar-refractivity contribution in [1.29, 1.82) is 5.26 Å². The smallest absolute Gasteiger partial charge is 0.0997 e. The van der Waals surface area contributed by atoms with Gasteiger partial charge in [0.25, 0.3) is 0 Å². The molecule has 1 unspecified atom stereocenters. The second-order valence-corrected chi connectivity index (χ2v) is 4.97. The van der Waals surface area contributed by atoms with Crippen LogP contribution in [0.25, 0.3) is 5.57 Å². The van der Waals surface area contributed by atoms with Gasteiger partial charge in [0.15, 0.2) is 0 Å². The quantitative estimate of drug-likeness (QED) is 0.646. The number of nitriles is 1. The molecule has 0 saturated heterocycles. The molecular formula is C16H19N. The first-order valence-electron chi connectivity index (χ1n) is 6.43. The van der Waals surface area contributed by atoms with E-state index in [0.717, 1.165) is 17.6 Å². The van der Waals surface area contributed by atoms with E-state index in [4.69, 9.17) is 0 Å². The molecule has 1 aromatic carbocycles. The summed E-state index contributed by atoms with van der Waals surface area (Å²) in [5, 5.41) is 9.47. The first-order chi connectivity index (χ1) is 8.24. The molecule has 0 N–H and O–H groups in total. The second kappa shape index (κ2) is 5.19. The fourth-order valence-corrected chi connectivity index (χ4v) is 2.72. The highest BCUT2D eigenvalue weighted by atomic mass is 14.3. The molecule has 0 aromatic heterocycles. The summed E-state index contributed by atoms with van der Waals surface area (Å²) in [6, 6.07) is 10.6. The highest BCUT2D eigenvalue weighted by molar-refractivity contribution is 5.81. The third-order valence-corrected chi connectivity index (χ3v) is 3.78. The summed E-state index contributed by atoms with van der Waals surface area (Å²) in [5.74, 6) is 0.568. The van der Waals surface area contributed by atoms with E-state index in [1.165, 1.54) is 30.4 Å². The minimum absolute atomic E-state index is 0.568. The van der Waals surface area contributed by atoms with Crippen LogP contribution in [0.3, 0.4) is 0 Å². The highest BCUT2D eigenvalue weighted by Gasteiger charge is 2.19. The third-order valence-electron chi connectivity index (χ3n) is 3.78. The van der Waals surface area contributed by atoms with Crippen molar-refractivity contribution < 1.29 is 0 Å². The molecular weight excluding hydrogens is 206 g/mol. The van der Waals surface area contributed by atoms with Gasteiger partial charge in [0.05, 0.1) is 11.6 Å².